The molecule has 0 radical (unpaired) electrons. The minimum atomic E-state index is -1.18. The molecule has 0 unspecified atom stereocenters. The summed E-state index contributed by atoms with van der Waals surface area (Å²) >= 11 is 0. The molecule has 0 aromatic carbocycles. The van der Waals surface area contributed by atoms with Crippen molar-refractivity contribution in [3.8, 4) is 0 Å². The van der Waals surface area contributed by atoms with E-state index in [0.717, 1.165) is 20.8 Å². The minimum absolute atomic E-state index is 0.176. The third-order valence-electron chi connectivity index (χ3n) is 3.57. The predicted octanol–water partition coefficient (Wildman–Crippen LogP) is 1.21. The van der Waals surface area contributed by atoms with Crippen LogP contribution < -0.4 is 0 Å². The fourth-order valence-electron chi connectivity index (χ4n) is 2.59. The monoisotopic (exact) mass is 458 g/mol. The van der Waals surface area contributed by atoms with E-state index in [1.807, 2.05) is 0 Å². The lowest BCUT2D eigenvalue weighted by atomic mass is 9.99. The van der Waals surface area contributed by atoms with Crippen LogP contribution in [0.1, 0.15) is 27.7 Å². The van der Waals surface area contributed by atoms with Gasteiger partial charge < -0.3 is 37.9 Å². The molecule has 0 saturated carbocycles. The van der Waals surface area contributed by atoms with Gasteiger partial charge in [-0.15, -0.1) is 0 Å². The molecule has 0 spiro atoms. The molecule has 12 heteroatoms. The highest BCUT2D eigenvalue weighted by Gasteiger charge is 2.47. The van der Waals surface area contributed by atoms with E-state index in [4.69, 9.17) is 37.9 Å². The van der Waals surface area contributed by atoms with Gasteiger partial charge in [0.2, 0.25) is 0 Å². The van der Waals surface area contributed by atoms with Crippen molar-refractivity contribution >= 4 is 23.9 Å². The van der Waals surface area contributed by atoms with Crippen molar-refractivity contribution in [2.24, 2.45) is 0 Å². The highest BCUT2D eigenvalue weighted by atomic mass is 16.7. The summed E-state index contributed by atoms with van der Waals surface area (Å²) in [6, 6.07) is 0. The van der Waals surface area contributed by atoms with Crippen molar-refractivity contribution < 1.29 is 57.1 Å². The predicted molar refractivity (Wildman–Crippen MR) is 104 cm³/mol. The van der Waals surface area contributed by atoms with Crippen LogP contribution >= 0.6 is 0 Å². The smallest absolute Gasteiger partial charge is 0.310 e. The summed E-state index contributed by atoms with van der Waals surface area (Å²) in [4.78, 5) is 44.9. The van der Waals surface area contributed by atoms with Gasteiger partial charge in [-0.1, -0.05) is 0 Å². The van der Waals surface area contributed by atoms with Crippen molar-refractivity contribution in [1.29, 1.82) is 0 Å². The van der Waals surface area contributed by atoms with Crippen LogP contribution in [0.3, 0.4) is 0 Å². The van der Waals surface area contributed by atoms with Gasteiger partial charge in [0.05, 0.1) is 6.61 Å². The summed E-state index contributed by atoms with van der Waals surface area (Å²) in [5.74, 6) is -3.87. The van der Waals surface area contributed by atoms with Crippen LogP contribution in [-0.2, 0) is 57.1 Å². The molecular weight excluding hydrogens is 432 g/mol. The van der Waals surface area contributed by atoms with Crippen LogP contribution in [0, 0.1) is 0 Å². The molecule has 0 amide bonds. The summed E-state index contributed by atoms with van der Waals surface area (Å²) in [6.07, 6.45) is -4.35. The van der Waals surface area contributed by atoms with Crippen molar-refractivity contribution in [2.75, 3.05) is 13.2 Å². The van der Waals surface area contributed by atoms with E-state index in [9.17, 15) is 19.2 Å². The van der Waals surface area contributed by atoms with E-state index in [-0.39, 0.29) is 19.2 Å². The average molecular weight is 458 g/mol. The van der Waals surface area contributed by atoms with Gasteiger partial charge >= 0.3 is 23.9 Å². The second-order valence-corrected chi connectivity index (χ2v) is 6.39. The SMILES string of the molecule is C=C(OC(C)=O)O[C@@H]1[C@H](OC(=C)OC(C)=O)[C@@H](OC(=C)OC(C)=O)CO[C@@H]1COC(C)=O. The lowest BCUT2D eigenvalue weighted by molar-refractivity contribution is -0.237. The second kappa shape index (κ2) is 12.3. The summed E-state index contributed by atoms with van der Waals surface area (Å²) in [6.45, 7) is 14.6. The molecule has 0 bridgehead atoms. The molecule has 0 aromatic heterocycles. The van der Waals surface area contributed by atoms with Crippen LogP contribution in [0.4, 0.5) is 0 Å². The maximum Gasteiger partial charge on any atom is 0.310 e. The van der Waals surface area contributed by atoms with E-state index in [1.54, 1.807) is 0 Å². The fraction of sp³-hybridized carbons (Fsp3) is 0.500. The Balaban J connectivity index is 3.20. The minimum Gasteiger partial charge on any atom is -0.463 e. The largest absolute Gasteiger partial charge is 0.463 e. The average Bonchev–Trinajstić information content (AvgIpc) is 2.61. The molecule has 1 saturated heterocycles. The number of esters is 4. The van der Waals surface area contributed by atoms with Crippen molar-refractivity contribution in [3.05, 3.63) is 37.6 Å². The number of hydrogen-bond acceptors (Lipinski definition) is 12. The maximum atomic E-state index is 11.3. The quantitative estimate of drug-likeness (QED) is 0.249. The van der Waals surface area contributed by atoms with E-state index in [0.29, 0.717) is 0 Å². The standard InChI is InChI=1S/C20H26O12/c1-10(21)25-8-17-19(31-15(6)28-12(3)23)20(32-16(7)29-13(4)24)18(9-26-17)30-14(5)27-11(2)22/h17-20H,5-9H2,1-4H3/t17-,18+,19+,20-/m1/s1. The molecule has 32 heavy (non-hydrogen) atoms. The van der Waals surface area contributed by atoms with E-state index >= 15 is 0 Å². The third-order valence-corrected chi connectivity index (χ3v) is 3.57. The molecule has 1 fully saturated rings. The van der Waals surface area contributed by atoms with Crippen LogP contribution in [0.25, 0.3) is 0 Å². The first-order chi connectivity index (χ1) is 14.9. The van der Waals surface area contributed by atoms with Crippen LogP contribution in [0.15, 0.2) is 37.6 Å². The normalized spacial score (nSPS) is 21.9. The Hall–Kier alpha value is -3.54. The Labute approximate surface area is 184 Å². The number of hydrogen-bond donors (Lipinski definition) is 0. The lowest BCUT2D eigenvalue weighted by Crippen LogP contribution is -2.57. The summed E-state index contributed by atoms with van der Waals surface area (Å²) in [5.41, 5.74) is 0. The first-order valence-corrected chi connectivity index (χ1v) is 9.26. The third kappa shape index (κ3) is 9.51. The zero-order valence-corrected chi connectivity index (χ0v) is 18.2. The Kier molecular flexibility index (Phi) is 10.2. The second-order valence-electron chi connectivity index (χ2n) is 6.39. The Morgan fingerprint density at radius 3 is 1.59 bits per heavy atom. The first-order valence-electron chi connectivity index (χ1n) is 9.26. The van der Waals surface area contributed by atoms with Crippen LogP contribution in [0.2, 0.25) is 0 Å². The zero-order chi connectivity index (χ0) is 24.4. The number of carbonyl (C=O) groups excluding carboxylic acids is 4. The van der Waals surface area contributed by atoms with Crippen LogP contribution in [0.5, 0.6) is 0 Å². The molecule has 4 atom stereocenters. The van der Waals surface area contributed by atoms with Crippen LogP contribution in [-0.4, -0.2) is 61.5 Å². The van der Waals surface area contributed by atoms with Crippen molar-refractivity contribution in [1.82, 2.24) is 0 Å². The topological polar surface area (TPSA) is 142 Å². The van der Waals surface area contributed by atoms with E-state index in [1.165, 1.54) is 6.92 Å². The van der Waals surface area contributed by atoms with Gasteiger partial charge in [0, 0.05) is 27.7 Å². The van der Waals surface area contributed by atoms with Crippen molar-refractivity contribution in [2.45, 2.75) is 52.1 Å². The molecule has 12 nitrogen and oxygen atoms in total. The van der Waals surface area contributed by atoms with E-state index in [2.05, 4.69) is 19.7 Å². The highest BCUT2D eigenvalue weighted by Crippen LogP contribution is 2.29. The van der Waals surface area contributed by atoms with Gasteiger partial charge in [-0.2, -0.15) is 0 Å². The molecule has 1 aliphatic rings. The van der Waals surface area contributed by atoms with Crippen molar-refractivity contribution in [3.63, 3.8) is 0 Å². The maximum absolute atomic E-state index is 11.3. The van der Waals surface area contributed by atoms with Gasteiger partial charge in [-0.3, -0.25) is 19.2 Å². The molecule has 0 aliphatic carbocycles. The molecule has 1 heterocycles. The fourth-order valence-corrected chi connectivity index (χ4v) is 2.59. The van der Waals surface area contributed by atoms with Gasteiger partial charge in [0.25, 0.3) is 17.8 Å². The molecule has 1 rings (SSSR count). The van der Waals surface area contributed by atoms with E-state index < -0.39 is 60.2 Å². The summed E-state index contributed by atoms with van der Waals surface area (Å²) < 4.78 is 41.7. The number of rotatable bonds is 11. The number of ether oxygens (including phenoxy) is 8. The number of carbonyl (C=O) groups is 4. The Morgan fingerprint density at radius 2 is 1.16 bits per heavy atom. The molecule has 1 aliphatic heterocycles. The van der Waals surface area contributed by atoms with Gasteiger partial charge in [-0.25, -0.2) is 0 Å². The molecule has 0 N–H and O–H groups in total. The zero-order valence-electron chi connectivity index (χ0n) is 18.2. The van der Waals surface area contributed by atoms with Gasteiger partial charge in [0.1, 0.15) is 12.7 Å². The Morgan fingerprint density at radius 1 is 0.719 bits per heavy atom. The molecule has 0 aromatic rings. The van der Waals surface area contributed by atoms with Gasteiger partial charge in [0.15, 0.2) is 18.3 Å². The molecule has 178 valence electrons. The lowest BCUT2D eigenvalue weighted by Gasteiger charge is -2.41. The highest BCUT2D eigenvalue weighted by molar-refractivity contribution is 5.67. The summed E-state index contributed by atoms with van der Waals surface area (Å²) in [5, 5.41) is 0. The molecular formula is C20H26O12. The summed E-state index contributed by atoms with van der Waals surface area (Å²) in [7, 11) is 0. The first kappa shape index (κ1) is 26.5. The Bertz CT molecular complexity index is 771. The van der Waals surface area contributed by atoms with Gasteiger partial charge in [-0.05, 0) is 19.7 Å².